The number of hydrogen-bond acceptors (Lipinski definition) is 2. The van der Waals surface area contributed by atoms with Gasteiger partial charge in [0.2, 0.25) is 0 Å². The van der Waals surface area contributed by atoms with Crippen LogP contribution in [0.3, 0.4) is 0 Å². The summed E-state index contributed by atoms with van der Waals surface area (Å²) in [6.45, 7) is 7.91. The molecule has 0 heterocycles. The Morgan fingerprint density at radius 3 is 1.68 bits per heavy atom. The molecule has 0 aromatic carbocycles. The average molecular weight is 268 g/mol. The van der Waals surface area contributed by atoms with E-state index < -0.39 is 0 Å². The van der Waals surface area contributed by atoms with Gasteiger partial charge in [-0.1, -0.05) is 33.6 Å². The molecular weight excluding hydrogens is 236 g/mol. The van der Waals surface area contributed by atoms with Crippen molar-refractivity contribution in [2.24, 2.45) is 17.8 Å². The van der Waals surface area contributed by atoms with Gasteiger partial charge in [-0.15, -0.1) is 0 Å². The van der Waals surface area contributed by atoms with Gasteiger partial charge in [0, 0.05) is 6.92 Å². The summed E-state index contributed by atoms with van der Waals surface area (Å²) in [6, 6.07) is 0. The molecule has 0 saturated heterocycles. The molecule has 0 bridgehead atoms. The molecule has 0 radical (unpaired) electrons. The number of rotatable bonds is 2. The van der Waals surface area contributed by atoms with Crippen molar-refractivity contribution in [2.45, 2.75) is 85.2 Å². The van der Waals surface area contributed by atoms with Crippen LogP contribution in [0.15, 0.2) is 0 Å². The van der Waals surface area contributed by atoms with E-state index in [-0.39, 0.29) is 12.1 Å². The fourth-order valence-electron chi connectivity index (χ4n) is 3.67. The number of ether oxygens (including phenoxy) is 1. The summed E-state index contributed by atoms with van der Waals surface area (Å²) < 4.78 is 5.30. The highest BCUT2D eigenvalue weighted by Gasteiger charge is 2.30. The van der Waals surface area contributed by atoms with Crippen molar-refractivity contribution < 1.29 is 9.53 Å². The first kappa shape index (κ1) is 16.5. The van der Waals surface area contributed by atoms with Gasteiger partial charge in [-0.3, -0.25) is 4.79 Å². The van der Waals surface area contributed by atoms with Gasteiger partial charge in [0.1, 0.15) is 6.10 Å². The van der Waals surface area contributed by atoms with Crippen molar-refractivity contribution in [1.29, 1.82) is 0 Å². The van der Waals surface area contributed by atoms with Crippen molar-refractivity contribution in [3.63, 3.8) is 0 Å². The van der Waals surface area contributed by atoms with Gasteiger partial charge in [-0.2, -0.15) is 0 Å². The quantitative estimate of drug-likeness (QED) is 0.662. The maximum atomic E-state index is 10.9. The molecule has 0 aromatic heterocycles. The van der Waals surface area contributed by atoms with Gasteiger partial charge in [-0.25, -0.2) is 0 Å². The van der Waals surface area contributed by atoms with Crippen LogP contribution in [0.2, 0.25) is 0 Å². The van der Waals surface area contributed by atoms with Crippen molar-refractivity contribution in [1.82, 2.24) is 0 Å². The molecule has 0 atom stereocenters. The van der Waals surface area contributed by atoms with Crippen molar-refractivity contribution in [3.8, 4) is 0 Å². The van der Waals surface area contributed by atoms with Crippen LogP contribution in [0.5, 0.6) is 0 Å². The number of esters is 1. The molecule has 2 aliphatic rings. The molecule has 0 N–H and O–H groups in total. The van der Waals surface area contributed by atoms with Gasteiger partial charge in [0.15, 0.2) is 0 Å². The molecule has 2 rings (SSSR count). The Kier molecular flexibility index (Phi) is 7.48. The Hall–Kier alpha value is -0.530. The molecule has 0 spiro atoms. The molecule has 0 unspecified atom stereocenters. The van der Waals surface area contributed by atoms with Crippen molar-refractivity contribution in [2.75, 3.05) is 0 Å². The monoisotopic (exact) mass is 268 g/mol. The largest absolute Gasteiger partial charge is 0.463 e. The number of carbonyl (C=O) groups is 1. The summed E-state index contributed by atoms with van der Waals surface area (Å²) in [5.74, 6) is 2.71. The van der Waals surface area contributed by atoms with E-state index in [1.807, 2.05) is 13.8 Å². The summed E-state index contributed by atoms with van der Waals surface area (Å²) in [6.07, 6.45) is 10.7. The summed E-state index contributed by atoms with van der Waals surface area (Å²) in [7, 11) is 0. The van der Waals surface area contributed by atoms with Crippen LogP contribution in [0.4, 0.5) is 0 Å². The highest BCUT2D eigenvalue weighted by atomic mass is 16.5. The van der Waals surface area contributed by atoms with Crippen LogP contribution in [0, 0.1) is 17.8 Å². The van der Waals surface area contributed by atoms with Crippen LogP contribution in [0.25, 0.3) is 0 Å². The van der Waals surface area contributed by atoms with Crippen LogP contribution in [-0.2, 0) is 9.53 Å². The molecule has 112 valence electrons. The fraction of sp³-hybridized carbons (Fsp3) is 0.941. The zero-order chi connectivity index (χ0) is 14.3. The minimum atomic E-state index is -0.111. The second-order valence-corrected chi connectivity index (χ2v) is 6.17. The molecular formula is C17H32O2. The first-order valence-corrected chi connectivity index (χ1v) is 8.32. The lowest BCUT2D eigenvalue weighted by molar-refractivity contribution is -0.148. The van der Waals surface area contributed by atoms with Gasteiger partial charge >= 0.3 is 5.97 Å². The van der Waals surface area contributed by atoms with E-state index in [1.165, 1.54) is 45.4 Å². The zero-order valence-electron chi connectivity index (χ0n) is 13.3. The van der Waals surface area contributed by atoms with E-state index in [4.69, 9.17) is 4.74 Å². The zero-order valence-corrected chi connectivity index (χ0v) is 13.3. The molecule has 0 aliphatic heterocycles. The third kappa shape index (κ3) is 5.54. The van der Waals surface area contributed by atoms with E-state index in [9.17, 15) is 4.79 Å². The van der Waals surface area contributed by atoms with Gasteiger partial charge in [0.25, 0.3) is 0 Å². The Morgan fingerprint density at radius 2 is 1.26 bits per heavy atom. The average Bonchev–Trinajstić information content (AvgIpc) is 2.42. The molecule has 2 aliphatic carbocycles. The summed E-state index contributed by atoms with van der Waals surface area (Å²) in [5, 5.41) is 0. The highest BCUT2D eigenvalue weighted by Crippen LogP contribution is 2.40. The standard InChI is InChI=1S/C15H26O2.C2H6/c1-11-3-5-13(6-4-11)14-7-9-15(10-8-14)17-12(2)16;1-2/h11,13-15H,3-10H2,1-2H3;1-2H3. The van der Waals surface area contributed by atoms with Crippen molar-refractivity contribution >= 4 is 5.97 Å². The first-order valence-electron chi connectivity index (χ1n) is 8.32. The fourth-order valence-corrected chi connectivity index (χ4v) is 3.67. The highest BCUT2D eigenvalue weighted by molar-refractivity contribution is 5.66. The maximum Gasteiger partial charge on any atom is 0.302 e. The van der Waals surface area contributed by atoms with Crippen LogP contribution < -0.4 is 0 Å². The van der Waals surface area contributed by atoms with Crippen LogP contribution in [0.1, 0.15) is 79.1 Å². The molecule has 0 amide bonds. The Balaban J connectivity index is 0.000000861. The predicted molar refractivity (Wildman–Crippen MR) is 80.0 cm³/mol. The minimum Gasteiger partial charge on any atom is -0.463 e. The molecule has 0 aromatic rings. The topological polar surface area (TPSA) is 26.3 Å². The van der Waals surface area contributed by atoms with Gasteiger partial charge < -0.3 is 4.74 Å². The van der Waals surface area contributed by atoms with Crippen LogP contribution >= 0.6 is 0 Å². The number of carbonyl (C=O) groups excluding carboxylic acids is 1. The molecule has 2 nitrogen and oxygen atoms in total. The Labute approximate surface area is 119 Å². The third-order valence-electron chi connectivity index (χ3n) is 4.78. The van der Waals surface area contributed by atoms with E-state index in [1.54, 1.807) is 0 Å². The molecule has 2 saturated carbocycles. The van der Waals surface area contributed by atoms with E-state index in [2.05, 4.69) is 6.92 Å². The van der Waals surface area contributed by atoms with Gasteiger partial charge in [-0.05, 0) is 56.3 Å². The second kappa shape index (κ2) is 8.60. The minimum absolute atomic E-state index is 0.111. The normalized spacial score (nSPS) is 34.9. The smallest absolute Gasteiger partial charge is 0.302 e. The van der Waals surface area contributed by atoms with E-state index >= 15 is 0 Å². The van der Waals surface area contributed by atoms with Gasteiger partial charge in [0.05, 0.1) is 0 Å². The lowest BCUT2D eigenvalue weighted by Gasteiger charge is -2.36. The van der Waals surface area contributed by atoms with E-state index in [0.717, 1.165) is 30.6 Å². The predicted octanol–water partition coefficient (Wildman–Crippen LogP) is 4.96. The van der Waals surface area contributed by atoms with Crippen LogP contribution in [-0.4, -0.2) is 12.1 Å². The Bertz CT molecular complexity index is 246. The SMILES string of the molecule is CC.CC(=O)OC1CCC(C2CCC(C)CC2)CC1. The molecule has 19 heavy (non-hydrogen) atoms. The first-order chi connectivity index (χ1) is 9.15. The molecule has 2 heteroatoms. The lowest BCUT2D eigenvalue weighted by atomic mass is 9.71. The van der Waals surface area contributed by atoms with E-state index in [0.29, 0.717) is 0 Å². The number of hydrogen-bond donors (Lipinski definition) is 0. The maximum absolute atomic E-state index is 10.9. The summed E-state index contributed by atoms with van der Waals surface area (Å²) in [4.78, 5) is 10.9. The third-order valence-corrected chi connectivity index (χ3v) is 4.78. The second-order valence-electron chi connectivity index (χ2n) is 6.17. The summed E-state index contributed by atoms with van der Waals surface area (Å²) >= 11 is 0. The summed E-state index contributed by atoms with van der Waals surface area (Å²) in [5.41, 5.74) is 0. The molecule has 2 fully saturated rings. The Morgan fingerprint density at radius 1 is 0.842 bits per heavy atom. The lowest BCUT2D eigenvalue weighted by Crippen LogP contribution is -2.29. The van der Waals surface area contributed by atoms with Crippen molar-refractivity contribution in [3.05, 3.63) is 0 Å².